The van der Waals surface area contributed by atoms with E-state index in [1.54, 1.807) is 0 Å². The van der Waals surface area contributed by atoms with Crippen molar-refractivity contribution in [1.29, 1.82) is 0 Å². The Hall–Kier alpha value is -2.63. The molecule has 0 aliphatic heterocycles. The van der Waals surface area contributed by atoms with E-state index in [1.807, 2.05) is 44.2 Å². The molecule has 3 N–H and O–H groups in total. The molecule has 2 aromatic rings. The first kappa shape index (κ1) is 15.8. The number of aromatic amines is 1. The molecule has 1 aromatic carbocycles. The quantitative estimate of drug-likeness (QED) is 0.852. The Morgan fingerprint density at radius 2 is 1.86 bits per heavy atom. The normalized spacial score (nSPS) is 10.9. The predicted molar refractivity (Wildman–Crippen MR) is 83.9 cm³/mol. The Kier molecular flexibility index (Phi) is 4.60. The van der Waals surface area contributed by atoms with Crippen LogP contribution in [0.5, 0.6) is 0 Å². The molecule has 22 heavy (non-hydrogen) atoms. The summed E-state index contributed by atoms with van der Waals surface area (Å²) in [6.45, 7) is 3.49. The third-order valence-corrected chi connectivity index (χ3v) is 3.45. The molecule has 1 amide bonds. The van der Waals surface area contributed by atoms with E-state index in [4.69, 9.17) is 5.73 Å². The van der Waals surface area contributed by atoms with Gasteiger partial charge in [-0.1, -0.05) is 44.2 Å². The van der Waals surface area contributed by atoms with Crippen LogP contribution in [-0.4, -0.2) is 15.5 Å². The number of hydrogen-bond acceptors (Lipinski definition) is 3. The molecule has 0 saturated heterocycles. The fourth-order valence-electron chi connectivity index (χ4n) is 2.53. The highest BCUT2D eigenvalue weighted by Gasteiger charge is 2.18. The van der Waals surface area contributed by atoms with Crippen LogP contribution < -0.4 is 17.0 Å². The van der Waals surface area contributed by atoms with Gasteiger partial charge in [-0.3, -0.25) is 19.1 Å². The van der Waals surface area contributed by atoms with Gasteiger partial charge in [0.1, 0.15) is 6.54 Å². The summed E-state index contributed by atoms with van der Waals surface area (Å²) in [6, 6.07) is 9.47. The van der Waals surface area contributed by atoms with Gasteiger partial charge < -0.3 is 5.73 Å². The molecule has 1 heterocycles. The number of primary amides is 1. The lowest BCUT2D eigenvalue weighted by Gasteiger charge is -2.17. The van der Waals surface area contributed by atoms with Gasteiger partial charge >= 0.3 is 5.69 Å². The van der Waals surface area contributed by atoms with Gasteiger partial charge in [-0.05, 0) is 11.5 Å². The second-order valence-electron chi connectivity index (χ2n) is 5.49. The summed E-state index contributed by atoms with van der Waals surface area (Å²) in [5.41, 5.74) is 6.20. The SMILES string of the molecule is CC(C)c1c(Cc2ccccc2)n(CC(N)=O)c(=O)[nH]c1=O. The monoisotopic (exact) mass is 301 g/mol. The number of nitrogens with two attached hydrogens (primary N) is 1. The van der Waals surface area contributed by atoms with E-state index in [9.17, 15) is 14.4 Å². The maximum atomic E-state index is 12.1. The number of nitrogens with zero attached hydrogens (tertiary/aromatic N) is 1. The van der Waals surface area contributed by atoms with Crippen LogP contribution >= 0.6 is 0 Å². The highest BCUT2D eigenvalue weighted by molar-refractivity contribution is 5.73. The minimum absolute atomic E-state index is 0.0813. The number of benzene rings is 1. The average molecular weight is 301 g/mol. The van der Waals surface area contributed by atoms with Gasteiger partial charge in [-0.25, -0.2) is 4.79 Å². The van der Waals surface area contributed by atoms with Crippen LogP contribution in [0.4, 0.5) is 0 Å². The first-order valence-electron chi connectivity index (χ1n) is 7.08. The lowest BCUT2D eigenvalue weighted by atomic mass is 9.98. The lowest BCUT2D eigenvalue weighted by molar-refractivity contribution is -0.118. The molecule has 6 heteroatoms. The van der Waals surface area contributed by atoms with Crippen LogP contribution in [-0.2, 0) is 17.8 Å². The van der Waals surface area contributed by atoms with E-state index in [2.05, 4.69) is 4.98 Å². The van der Waals surface area contributed by atoms with Crippen LogP contribution in [0, 0.1) is 0 Å². The lowest BCUT2D eigenvalue weighted by Crippen LogP contribution is -2.39. The summed E-state index contributed by atoms with van der Waals surface area (Å²) in [7, 11) is 0. The molecule has 2 rings (SSSR count). The van der Waals surface area contributed by atoms with Crippen molar-refractivity contribution in [1.82, 2.24) is 9.55 Å². The minimum Gasteiger partial charge on any atom is -0.368 e. The van der Waals surface area contributed by atoms with Crippen LogP contribution in [0.3, 0.4) is 0 Å². The van der Waals surface area contributed by atoms with E-state index in [0.29, 0.717) is 17.7 Å². The van der Waals surface area contributed by atoms with Crippen LogP contribution in [0.2, 0.25) is 0 Å². The Labute approximate surface area is 127 Å². The maximum Gasteiger partial charge on any atom is 0.329 e. The molecule has 6 nitrogen and oxygen atoms in total. The summed E-state index contributed by atoms with van der Waals surface area (Å²) in [5, 5.41) is 0. The summed E-state index contributed by atoms with van der Waals surface area (Å²) >= 11 is 0. The summed E-state index contributed by atoms with van der Waals surface area (Å²) in [6.07, 6.45) is 0.390. The van der Waals surface area contributed by atoms with Gasteiger partial charge in [0.2, 0.25) is 5.91 Å². The number of H-pyrrole nitrogens is 1. The van der Waals surface area contributed by atoms with Gasteiger partial charge in [0, 0.05) is 17.7 Å². The summed E-state index contributed by atoms with van der Waals surface area (Å²) < 4.78 is 1.26. The molecule has 0 saturated carbocycles. The van der Waals surface area contributed by atoms with Crippen molar-refractivity contribution in [3.63, 3.8) is 0 Å². The zero-order valence-electron chi connectivity index (χ0n) is 12.6. The number of amides is 1. The van der Waals surface area contributed by atoms with Gasteiger partial charge in [0.15, 0.2) is 0 Å². The molecule has 0 aliphatic rings. The van der Waals surface area contributed by atoms with Crippen molar-refractivity contribution in [3.8, 4) is 0 Å². The number of rotatable bonds is 5. The molecule has 0 spiro atoms. The Bertz CT molecular complexity index is 789. The Balaban J connectivity index is 2.67. The average Bonchev–Trinajstić information content (AvgIpc) is 2.43. The van der Waals surface area contributed by atoms with Crippen molar-refractivity contribution < 1.29 is 4.79 Å². The van der Waals surface area contributed by atoms with Crippen LogP contribution in [0.25, 0.3) is 0 Å². The summed E-state index contributed by atoms with van der Waals surface area (Å²) in [4.78, 5) is 37.7. The molecule has 0 atom stereocenters. The topological polar surface area (TPSA) is 97.9 Å². The molecule has 116 valence electrons. The molecule has 0 aliphatic carbocycles. The van der Waals surface area contributed by atoms with Gasteiger partial charge in [0.25, 0.3) is 5.56 Å². The number of hydrogen-bond donors (Lipinski definition) is 2. The summed E-state index contributed by atoms with van der Waals surface area (Å²) in [5.74, 6) is -0.708. The number of aromatic nitrogens is 2. The van der Waals surface area contributed by atoms with Crippen molar-refractivity contribution in [2.75, 3.05) is 0 Å². The van der Waals surface area contributed by atoms with Crippen molar-refractivity contribution in [3.05, 3.63) is 68.0 Å². The molecule has 1 aromatic heterocycles. The highest BCUT2D eigenvalue weighted by Crippen LogP contribution is 2.17. The fourth-order valence-corrected chi connectivity index (χ4v) is 2.53. The standard InChI is InChI=1S/C16H19N3O3/c1-10(2)14-12(8-11-6-4-3-5-7-11)19(9-13(17)20)16(22)18-15(14)21/h3-7,10H,8-9H2,1-2H3,(H2,17,20)(H,18,21,22). The number of carbonyl (C=O) groups excluding carboxylic acids is 1. The van der Waals surface area contributed by atoms with Gasteiger partial charge in [0.05, 0.1) is 0 Å². The van der Waals surface area contributed by atoms with Crippen molar-refractivity contribution >= 4 is 5.91 Å². The van der Waals surface area contributed by atoms with E-state index in [0.717, 1.165) is 5.56 Å². The van der Waals surface area contributed by atoms with Crippen LogP contribution in [0.15, 0.2) is 39.9 Å². The zero-order chi connectivity index (χ0) is 16.3. The molecular weight excluding hydrogens is 282 g/mol. The zero-order valence-corrected chi connectivity index (χ0v) is 12.6. The number of nitrogens with one attached hydrogen (secondary N) is 1. The Morgan fingerprint density at radius 3 is 2.41 bits per heavy atom. The number of carbonyl (C=O) groups is 1. The maximum absolute atomic E-state index is 12.1. The molecule has 0 radical (unpaired) electrons. The van der Waals surface area contributed by atoms with E-state index < -0.39 is 17.2 Å². The predicted octanol–water partition coefficient (Wildman–Crippen LogP) is 0.736. The van der Waals surface area contributed by atoms with Gasteiger partial charge in [-0.15, -0.1) is 0 Å². The van der Waals surface area contributed by atoms with E-state index >= 15 is 0 Å². The Morgan fingerprint density at radius 1 is 1.23 bits per heavy atom. The molecule has 0 bridgehead atoms. The van der Waals surface area contributed by atoms with Crippen LogP contribution in [0.1, 0.15) is 36.6 Å². The van der Waals surface area contributed by atoms with Crippen molar-refractivity contribution in [2.24, 2.45) is 5.73 Å². The fraction of sp³-hybridized carbons (Fsp3) is 0.312. The largest absolute Gasteiger partial charge is 0.368 e. The third-order valence-electron chi connectivity index (χ3n) is 3.45. The smallest absolute Gasteiger partial charge is 0.329 e. The second kappa shape index (κ2) is 6.43. The molecule has 0 unspecified atom stereocenters. The third kappa shape index (κ3) is 3.33. The minimum atomic E-state index is -0.627. The first-order valence-corrected chi connectivity index (χ1v) is 7.08. The van der Waals surface area contributed by atoms with E-state index in [-0.39, 0.29) is 12.5 Å². The van der Waals surface area contributed by atoms with E-state index in [1.165, 1.54) is 4.57 Å². The van der Waals surface area contributed by atoms with Crippen molar-refractivity contribution in [2.45, 2.75) is 32.7 Å². The second-order valence-corrected chi connectivity index (χ2v) is 5.49. The molecule has 0 fully saturated rings. The first-order chi connectivity index (χ1) is 10.4. The van der Waals surface area contributed by atoms with Gasteiger partial charge in [-0.2, -0.15) is 0 Å². The highest BCUT2D eigenvalue weighted by atomic mass is 16.2. The molecular formula is C16H19N3O3.